The van der Waals surface area contributed by atoms with E-state index in [-0.39, 0.29) is 12.3 Å². The first-order valence-corrected chi connectivity index (χ1v) is 10.8. The van der Waals surface area contributed by atoms with Crippen LogP contribution >= 0.6 is 11.6 Å². The van der Waals surface area contributed by atoms with Crippen LogP contribution < -0.4 is 15.4 Å². The molecular formula is C26H23ClN2O5. The summed E-state index contributed by atoms with van der Waals surface area (Å²) in [5.74, 6) is -0.843. The number of rotatable bonds is 8. The number of methoxy groups -OCH3 is 1. The fourth-order valence-corrected chi connectivity index (χ4v) is 3.05. The lowest BCUT2D eigenvalue weighted by atomic mass is 10.1. The van der Waals surface area contributed by atoms with E-state index >= 15 is 0 Å². The van der Waals surface area contributed by atoms with Gasteiger partial charge in [-0.3, -0.25) is 9.59 Å². The van der Waals surface area contributed by atoms with E-state index in [4.69, 9.17) is 21.1 Å². The molecule has 0 aliphatic carbocycles. The van der Waals surface area contributed by atoms with Crippen molar-refractivity contribution >= 4 is 41.1 Å². The molecule has 0 saturated heterocycles. The minimum Gasteiger partial charge on any atom is -0.497 e. The van der Waals surface area contributed by atoms with Crippen LogP contribution in [0.25, 0.3) is 6.08 Å². The third kappa shape index (κ3) is 6.70. The minimum absolute atomic E-state index is 0.0256. The topological polar surface area (TPSA) is 93.7 Å². The lowest BCUT2D eigenvalue weighted by Crippen LogP contribution is -2.30. The van der Waals surface area contributed by atoms with E-state index in [9.17, 15) is 14.4 Å². The van der Waals surface area contributed by atoms with Gasteiger partial charge in [-0.1, -0.05) is 23.7 Å². The van der Waals surface area contributed by atoms with Gasteiger partial charge in [-0.15, -0.1) is 0 Å². The second kappa shape index (κ2) is 11.7. The summed E-state index contributed by atoms with van der Waals surface area (Å²) >= 11 is 5.95. The average molecular weight is 479 g/mol. The Morgan fingerprint density at radius 3 is 2.09 bits per heavy atom. The molecule has 0 spiro atoms. The van der Waals surface area contributed by atoms with Gasteiger partial charge in [0.1, 0.15) is 11.4 Å². The molecule has 3 aromatic rings. The maximum absolute atomic E-state index is 13.0. The van der Waals surface area contributed by atoms with E-state index < -0.39 is 17.8 Å². The molecule has 0 saturated carbocycles. The first-order chi connectivity index (χ1) is 16.4. The fraction of sp³-hybridized carbons (Fsp3) is 0.115. The Labute approximate surface area is 202 Å². The molecule has 0 aliphatic heterocycles. The molecule has 3 aromatic carbocycles. The van der Waals surface area contributed by atoms with Crippen LogP contribution in [0.5, 0.6) is 5.75 Å². The van der Waals surface area contributed by atoms with Gasteiger partial charge in [0.2, 0.25) is 0 Å². The van der Waals surface area contributed by atoms with Crippen LogP contribution in [0.3, 0.4) is 0 Å². The van der Waals surface area contributed by atoms with Gasteiger partial charge in [-0.25, -0.2) is 4.79 Å². The predicted octanol–water partition coefficient (Wildman–Crippen LogP) is 4.93. The van der Waals surface area contributed by atoms with E-state index in [0.717, 1.165) is 0 Å². The summed E-state index contributed by atoms with van der Waals surface area (Å²) in [6.45, 7) is 1.99. The Morgan fingerprint density at radius 1 is 0.882 bits per heavy atom. The summed E-state index contributed by atoms with van der Waals surface area (Å²) in [6.07, 6.45) is 1.54. The van der Waals surface area contributed by atoms with Gasteiger partial charge >= 0.3 is 5.97 Å². The summed E-state index contributed by atoms with van der Waals surface area (Å²) in [7, 11) is 1.53. The number of benzene rings is 3. The summed E-state index contributed by atoms with van der Waals surface area (Å²) in [5, 5.41) is 5.94. The molecule has 0 atom stereocenters. The number of hydrogen-bond acceptors (Lipinski definition) is 5. The highest BCUT2D eigenvalue weighted by Crippen LogP contribution is 2.16. The highest BCUT2D eigenvalue weighted by Gasteiger charge is 2.16. The van der Waals surface area contributed by atoms with Crippen LogP contribution in [0.1, 0.15) is 33.2 Å². The summed E-state index contributed by atoms with van der Waals surface area (Å²) < 4.78 is 10.1. The van der Waals surface area contributed by atoms with Gasteiger partial charge in [0.25, 0.3) is 11.8 Å². The molecule has 34 heavy (non-hydrogen) atoms. The molecule has 2 N–H and O–H groups in total. The number of nitrogens with one attached hydrogen (secondary N) is 2. The zero-order valence-electron chi connectivity index (χ0n) is 18.6. The largest absolute Gasteiger partial charge is 0.497 e. The molecule has 3 rings (SSSR count). The Kier molecular flexibility index (Phi) is 8.43. The zero-order valence-corrected chi connectivity index (χ0v) is 19.4. The van der Waals surface area contributed by atoms with Crippen LogP contribution in [0, 0.1) is 0 Å². The molecule has 0 unspecified atom stereocenters. The zero-order chi connectivity index (χ0) is 24.5. The van der Waals surface area contributed by atoms with Crippen molar-refractivity contribution in [3.8, 4) is 5.75 Å². The molecule has 2 amide bonds. The Hall–Kier alpha value is -4.10. The predicted molar refractivity (Wildman–Crippen MR) is 131 cm³/mol. The molecule has 7 nitrogen and oxygen atoms in total. The minimum atomic E-state index is -0.541. The fourth-order valence-electron chi connectivity index (χ4n) is 2.92. The molecule has 0 aliphatic rings. The number of ether oxygens (including phenoxy) is 2. The maximum Gasteiger partial charge on any atom is 0.338 e. The summed E-state index contributed by atoms with van der Waals surface area (Å²) in [5.41, 5.74) is 1.86. The van der Waals surface area contributed by atoms with Crippen molar-refractivity contribution in [2.24, 2.45) is 0 Å². The van der Waals surface area contributed by atoms with Crippen molar-refractivity contribution in [3.63, 3.8) is 0 Å². The lowest BCUT2D eigenvalue weighted by Gasteiger charge is -2.12. The van der Waals surface area contributed by atoms with E-state index in [0.29, 0.717) is 33.1 Å². The first kappa shape index (κ1) is 24.5. The van der Waals surface area contributed by atoms with Crippen LogP contribution in [-0.2, 0) is 9.53 Å². The van der Waals surface area contributed by atoms with E-state index in [2.05, 4.69) is 10.6 Å². The van der Waals surface area contributed by atoms with Crippen LogP contribution in [0.4, 0.5) is 5.69 Å². The van der Waals surface area contributed by atoms with E-state index in [1.54, 1.807) is 85.8 Å². The Bertz CT molecular complexity index is 1190. The summed E-state index contributed by atoms with van der Waals surface area (Å²) in [4.78, 5) is 37.7. The molecule has 174 valence electrons. The molecule has 0 heterocycles. The van der Waals surface area contributed by atoms with Crippen LogP contribution in [-0.4, -0.2) is 31.5 Å². The second-order valence-electron chi connectivity index (χ2n) is 7.04. The van der Waals surface area contributed by atoms with Crippen LogP contribution in [0.2, 0.25) is 5.02 Å². The average Bonchev–Trinajstić information content (AvgIpc) is 2.85. The highest BCUT2D eigenvalue weighted by molar-refractivity contribution is 6.30. The van der Waals surface area contributed by atoms with Gasteiger partial charge < -0.3 is 20.1 Å². The number of anilines is 1. The highest BCUT2D eigenvalue weighted by atomic mass is 35.5. The number of carbonyl (C=O) groups excluding carboxylic acids is 3. The molecule has 0 fully saturated rings. The SMILES string of the molecule is CCOC(=O)c1ccc(NC(=O)C(=Cc2ccc(Cl)cc2)NC(=O)c2ccc(OC)cc2)cc1. The van der Waals surface area contributed by atoms with Crippen molar-refractivity contribution in [2.75, 3.05) is 19.0 Å². The lowest BCUT2D eigenvalue weighted by molar-refractivity contribution is -0.113. The van der Waals surface area contributed by atoms with Crippen molar-refractivity contribution < 1.29 is 23.9 Å². The van der Waals surface area contributed by atoms with E-state index in [1.807, 2.05) is 0 Å². The van der Waals surface area contributed by atoms with Gasteiger partial charge in [-0.05, 0) is 79.2 Å². The number of hydrogen-bond donors (Lipinski definition) is 2. The number of esters is 1. The van der Waals surface area contributed by atoms with Crippen molar-refractivity contribution in [3.05, 3.63) is 100 Å². The monoisotopic (exact) mass is 478 g/mol. The van der Waals surface area contributed by atoms with Crippen molar-refractivity contribution in [1.29, 1.82) is 0 Å². The molecule has 0 bridgehead atoms. The Morgan fingerprint density at radius 2 is 1.50 bits per heavy atom. The first-order valence-electron chi connectivity index (χ1n) is 10.4. The molecular weight excluding hydrogens is 456 g/mol. The second-order valence-corrected chi connectivity index (χ2v) is 7.48. The normalized spacial score (nSPS) is 10.9. The molecule has 0 aromatic heterocycles. The van der Waals surface area contributed by atoms with E-state index in [1.165, 1.54) is 7.11 Å². The van der Waals surface area contributed by atoms with Gasteiger partial charge in [0.15, 0.2) is 0 Å². The number of amides is 2. The van der Waals surface area contributed by atoms with Gasteiger partial charge in [0, 0.05) is 16.3 Å². The molecule has 0 radical (unpaired) electrons. The van der Waals surface area contributed by atoms with Gasteiger partial charge in [0.05, 0.1) is 19.3 Å². The standard InChI is InChI=1S/C26H23ClN2O5/c1-3-34-26(32)19-6-12-21(13-7-19)28-25(31)23(16-17-4-10-20(27)11-5-17)29-24(30)18-8-14-22(33-2)15-9-18/h4-16H,3H2,1-2H3,(H,28,31)(H,29,30). The van der Waals surface area contributed by atoms with Crippen molar-refractivity contribution in [2.45, 2.75) is 6.92 Å². The maximum atomic E-state index is 13.0. The van der Waals surface area contributed by atoms with Gasteiger partial charge in [-0.2, -0.15) is 0 Å². The van der Waals surface area contributed by atoms with Crippen LogP contribution in [0.15, 0.2) is 78.5 Å². The smallest absolute Gasteiger partial charge is 0.338 e. The number of carbonyl (C=O) groups is 3. The molecule has 8 heteroatoms. The number of halogens is 1. The Balaban J connectivity index is 1.82. The summed E-state index contributed by atoms with van der Waals surface area (Å²) in [6, 6.07) is 19.6. The van der Waals surface area contributed by atoms with Crippen molar-refractivity contribution in [1.82, 2.24) is 5.32 Å². The third-order valence-corrected chi connectivity index (χ3v) is 4.93. The quantitative estimate of drug-likeness (QED) is 0.353. The third-order valence-electron chi connectivity index (χ3n) is 4.68.